The zero-order valence-electron chi connectivity index (χ0n) is 26.5. The number of likely N-dealkylation sites (N-methyl/N-ethyl adjacent to an activating group) is 2. The molecule has 0 aromatic heterocycles. The van der Waals surface area contributed by atoms with Crippen LogP contribution in [0.15, 0.2) is 42.5 Å². The van der Waals surface area contributed by atoms with Crippen molar-refractivity contribution in [2.45, 2.75) is 66.3 Å². The molecular weight excluding hydrogens is 551 g/mol. The Labute approximate surface area is 254 Å². The second-order valence-corrected chi connectivity index (χ2v) is 13.1. The van der Waals surface area contributed by atoms with Gasteiger partial charge in [0.2, 0.25) is 17.7 Å². The number of hydrogen-bond donors (Lipinski definition) is 2. The summed E-state index contributed by atoms with van der Waals surface area (Å²) in [6.07, 6.45) is 2.05. The number of hydrogen-bond acceptors (Lipinski definition) is 6. The Morgan fingerprint density at radius 2 is 1.53 bits per heavy atom. The lowest BCUT2D eigenvalue weighted by molar-refractivity contribution is -0.135. The molecule has 2 aromatic rings. The van der Waals surface area contributed by atoms with Crippen LogP contribution in [0.4, 0.5) is 10.1 Å². The number of nitrogens with two attached hydrogens (primary N) is 1. The Bertz CT molecular complexity index is 1260. The molecule has 43 heavy (non-hydrogen) atoms. The van der Waals surface area contributed by atoms with Crippen LogP contribution in [0.5, 0.6) is 5.75 Å². The Kier molecular flexibility index (Phi) is 12.9. The molecule has 9 nitrogen and oxygen atoms in total. The van der Waals surface area contributed by atoms with Crippen LogP contribution in [-0.2, 0) is 20.8 Å². The van der Waals surface area contributed by atoms with Gasteiger partial charge < -0.3 is 25.6 Å². The van der Waals surface area contributed by atoms with Crippen molar-refractivity contribution in [3.63, 3.8) is 0 Å². The third-order valence-corrected chi connectivity index (χ3v) is 7.03. The number of amides is 3. The molecule has 0 unspecified atom stereocenters. The third kappa shape index (κ3) is 12.5. The minimum Gasteiger partial charge on any atom is -0.492 e. The van der Waals surface area contributed by atoms with E-state index in [4.69, 9.17) is 10.5 Å². The molecule has 2 aromatic carbocycles. The Hall–Kier alpha value is -3.79. The van der Waals surface area contributed by atoms with E-state index in [0.717, 1.165) is 11.6 Å². The van der Waals surface area contributed by atoms with Crippen LogP contribution >= 0.6 is 0 Å². The summed E-state index contributed by atoms with van der Waals surface area (Å²) >= 11 is 0. The summed E-state index contributed by atoms with van der Waals surface area (Å²) in [5.41, 5.74) is 7.09. The van der Waals surface area contributed by atoms with E-state index in [2.05, 4.69) is 5.32 Å². The number of halogens is 1. The molecule has 236 valence electrons. The second-order valence-electron chi connectivity index (χ2n) is 13.1. The first kappa shape index (κ1) is 35.4. The molecule has 0 aliphatic carbocycles. The standard InChI is InChI=1S/C33H47FN4O5/c1-32(2,3)19-28(35)31(42)36-25-11-8-23(9-12-25)14-15-37(6)29(40)20-33(4,5)21-30(41)38(7)16-17-43-26-13-10-24(22-39)27(34)18-26/h8-13,18,22,28H,14-17,19-21,35H2,1-7H3,(H,36,42)/t28-/m0/s1. The van der Waals surface area contributed by atoms with E-state index in [0.29, 0.717) is 31.4 Å². The van der Waals surface area contributed by atoms with Gasteiger partial charge >= 0.3 is 0 Å². The van der Waals surface area contributed by atoms with Gasteiger partial charge in [-0.1, -0.05) is 46.8 Å². The van der Waals surface area contributed by atoms with Crippen molar-refractivity contribution in [2.24, 2.45) is 16.6 Å². The lowest BCUT2D eigenvalue weighted by Crippen LogP contribution is -2.38. The highest BCUT2D eigenvalue weighted by Gasteiger charge is 2.28. The van der Waals surface area contributed by atoms with Crippen molar-refractivity contribution in [1.29, 1.82) is 0 Å². The van der Waals surface area contributed by atoms with E-state index in [-0.39, 0.29) is 60.4 Å². The fourth-order valence-corrected chi connectivity index (χ4v) is 4.43. The summed E-state index contributed by atoms with van der Waals surface area (Å²) in [6.45, 7) is 10.9. The van der Waals surface area contributed by atoms with Crippen molar-refractivity contribution < 1.29 is 28.3 Å². The number of nitrogens with one attached hydrogen (secondary N) is 1. The molecule has 3 N–H and O–H groups in total. The summed E-state index contributed by atoms with van der Waals surface area (Å²) in [6, 6.07) is 10.9. The summed E-state index contributed by atoms with van der Waals surface area (Å²) in [4.78, 5) is 52.1. The largest absolute Gasteiger partial charge is 0.492 e. The topological polar surface area (TPSA) is 122 Å². The van der Waals surface area contributed by atoms with Gasteiger partial charge in [-0.15, -0.1) is 0 Å². The number of anilines is 1. The zero-order valence-corrected chi connectivity index (χ0v) is 26.5. The number of benzene rings is 2. The zero-order chi connectivity index (χ0) is 32.4. The van der Waals surface area contributed by atoms with Gasteiger partial charge in [0, 0.05) is 45.2 Å². The smallest absolute Gasteiger partial charge is 0.241 e. The normalized spacial score (nSPS) is 12.3. The maximum Gasteiger partial charge on any atom is 0.241 e. The second kappa shape index (κ2) is 15.6. The lowest BCUT2D eigenvalue weighted by atomic mass is 9.84. The maximum atomic E-state index is 13.7. The van der Waals surface area contributed by atoms with E-state index in [1.165, 1.54) is 17.0 Å². The van der Waals surface area contributed by atoms with Crippen LogP contribution in [0.25, 0.3) is 0 Å². The number of carbonyl (C=O) groups is 4. The fourth-order valence-electron chi connectivity index (χ4n) is 4.43. The van der Waals surface area contributed by atoms with Crippen LogP contribution < -0.4 is 15.8 Å². The predicted molar refractivity (Wildman–Crippen MR) is 166 cm³/mol. The summed E-state index contributed by atoms with van der Waals surface area (Å²) in [5, 5.41) is 2.86. The van der Waals surface area contributed by atoms with Gasteiger partial charge in [-0.3, -0.25) is 19.2 Å². The van der Waals surface area contributed by atoms with Gasteiger partial charge in [-0.25, -0.2) is 4.39 Å². The van der Waals surface area contributed by atoms with Crippen molar-refractivity contribution in [2.75, 3.05) is 39.1 Å². The minimum atomic E-state index is -0.663. The van der Waals surface area contributed by atoms with Crippen molar-refractivity contribution >= 4 is 29.7 Å². The van der Waals surface area contributed by atoms with E-state index in [1.807, 2.05) is 58.9 Å². The minimum absolute atomic E-state index is 0.0433. The van der Waals surface area contributed by atoms with Crippen LogP contribution in [0.2, 0.25) is 0 Å². The molecule has 0 spiro atoms. The average Bonchev–Trinajstić information content (AvgIpc) is 2.91. The first-order valence-corrected chi connectivity index (χ1v) is 14.5. The first-order chi connectivity index (χ1) is 20.0. The van der Waals surface area contributed by atoms with E-state index >= 15 is 0 Å². The van der Waals surface area contributed by atoms with Gasteiger partial charge in [-0.2, -0.15) is 0 Å². The predicted octanol–water partition coefficient (Wildman–Crippen LogP) is 4.68. The number of carbonyl (C=O) groups excluding carboxylic acids is 4. The molecule has 0 bridgehead atoms. The van der Waals surface area contributed by atoms with Gasteiger partial charge in [0.1, 0.15) is 18.2 Å². The van der Waals surface area contributed by atoms with Gasteiger partial charge in [0.25, 0.3) is 0 Å². The molecule has 0 heterocycles. The molecule has 0 fully saturated rings. The molecule has 0 saturated heterocycles. The van der Waals surface area contributed by atoms with Crippen molar-refractivity contribution in [1.82, 2.24) is 9.80 Å². The molecule has 10 heteroatoms. The maximum absolute atomic E-state index is 13.7. The van der Waals surface area contributed by atoms with Gasteiger partial charge in [0.15, 0.2) is 6.29 Å². The quantitative estimate of drug-likeness (QED) is 0.287. The number of ether oxygens (including phenoxy) is 1. The summed E-state index contributed by atoms with van der Waals surface area (Å²) < 4.78 is 19.2. The molecular formula is C33H47FN4O5. The number of nitrogens with zero attached hydrogens (tertiary/aromatic N) is 2. The summed E-state index contributed by atoms with van der Waals surface area (Å²) in [5.74, 6) is -0.784. The van der Waals surface area contributed by atoms with Crippen LogP contribution in [-0.4, -0.2) is 73.6 Å². The van der Waals surface area contributed by atoms with Crippen molar-refractivity contribution in [3.8, 4) is 5.75 Å². The molecule has 0 saturated carbocycles. The van der Waals surface area contributed by atoms with Crippen molar-refractivity contribution in [3.05, 3.63) is 59.4 Å². The number of aldehydes is 1. The number of rotatable bonds is 15. The van der Waals surface area contributed by atoms with E-state index in [1.54, 1.807) is 19.0 Å². The SMILES string of the molecule is CN(CCOc1ccc(C=O)c(F)c1)C(=O)CC(C)(C)CC(=O)N(C)CCc1ccc(NC(=O)[C@@H](N)CC(C)(C)C)cc1. The molecule has 3 amide bonds. The monoisotopic (exact) mass is 598 g/mol. The van der Waals surface area contributed by atoms with Crippen LogP contribution in [0.1, 0.15) is 69.8 Å². The lowest BCUT2D eigenvalue weighted by Gasteiger charge is -2.28. The highest BCUT2D eigenvalue weighted by atomic mass is 19.1. The molecule has 0 aliphatic heterocycles. The molecule has 2 rings (SSSR count). The van der Waals surface area contributed by atoms with E-state index < -0.39 is 17.3 Å². The summed E-state index contributed by atoms with van der Waals surface area (Å²) in [7, 11) is 3.40. The first-order valence-electron chi connectivity index (χ1n) is 14.5. The average molecular weight is 599 g/mol. The highest BCUT2D eigenvalue weighted by molar-refractivity contribution is 5.94. The van der Waals surface area contributed by atoms with Gasteiger partial charge in [0.05, 0.1) is 18.2 Å². The molecule has 1 atom stereocenters. The Balaban J connectivity index is 1.77. The highest BCUT2D eigenvalue weighted by Crippen LogP contribution is 2.27. The van der Waals surface area contributed by atoms with Crippen LogP contribution in [0.3, 0.4) is 0 Å². The fraction of sp³-hybridized carbons (Fsp3) is 0.515. The van der Waals surface area contributed by atoms with Crippen LogP contribution in [0, 0.1) is 16.6 Å². The molecule has 0 aliphatic rings. The Morgan fingerprint density at radius 3 is 2.07 bits per heavy atom. The Morgan fingerprint density at radius 1 is 0.953 bits per heavy atom. The van der Waals surface area contributed by atoms with E-state index in [9.17, 15) is 23.6 Å². The third-order valence-electron chi connectivity index (χ3n) is 7.03. The van der Waals surface area contributed by atoms with Gasteiger partial charge in [-0.05, 0) is 53.5 Å². The molecule has 0 radical (unpaired) electrons.